The highest BCUT2D eigenvalue weighted by Gasteiger charge is 2.30. The van der Waals surface area contributed by atoms with Crippen molar-refractivity contribution in [1.29, 1.82) is 0 Å². The molecule has 1 aromatic carbocycles. The molecule has 0 bridgehead atoms. The average molecular weight is 344 g/mol. The number of ether oxygens (including phenoxy) is 2. The van der Waals surface area contributed by atoms with E-state index in [9.17, 15) is 4.79 Å². The summed E-state index contributed by atoms with van der Waals surface area (Å²) in [6.45, 7) is 2.54. The number of carbonyl (C=O) groups excluding carboxylic acids is 1. The van der Waals surface area contributed by atoms with Crippen LogP contribution in [0.4, 0.5) is 4.79 Å². The van der Waals surface area contributed by atoms with Crippen LogP contribution in [0.15, 0.2) is 35.7 Å². The Balaban J connectivity index is 1.47. The molecular formula is C18H20N2O3S. The van der Waals surface area contributed by atoms with E-state index in [4.69, 9.17) is 9.47 Å². The number of urea groups is 1. The lowest BCUT2D eigenvalue weighted by molar-refractivity contribution is 0.170. The molecule has 5 nitrogen and oxygen atoms in total. The van der Waals surface area contributed by atoms with Gasteiger partial charge in [0.15, 0.2) is 11.5 Å². The fraction of sp³-hybridized carbons (Fsp3) is 0.389. The summed E-state index contributed by atoms with van der Waals surface area (Å²) in [4.78, 5) is 15.7. The van der Waals surface area contributed by atoms with Crippen molar-refractivity contribution in [3.63, 3.8) is 0 Å². The largest absolute Gasteiger partial charge is 0.486 e. The van der Waals surface area contributed by atoms with E-state index in [1.807, 2.05) is 40.6 Å². The van der Waals surface area contributed by atoms with Crippen LogP contribution >= 0.6 is 11.3 Å². The van der Waals surface area contributed by atoms with Gasteiger partial charge in [-0.05, 0) is 42.0 Å². The number of amides is 2. The molecule has 0 radical (unpaired) electrons. The van der Waals surface area contributed by atoms with E-state index in [0.29, 0.717) is 19.8 Å². The van der Waals surface area contributed by atoms with E-state index in [-0.39, 0.29) is 12.1 Å². The molecule has 1 aromatic heterocycles. The Kier molecular flexibility index (Phi) is 4.30. The van der Waals surface area contributed by atoms with Gasteiger partial charge in [-0.1, -0.05) is 12.1 Å². The smallest absolute Gasteiger partial charge is 0.318 e. The molecule has 0 aliphatic carbocycles. The number of nitrogens with one attached hydrogen (secondary N) is 1. The lowest BCUT2D eigenvalue weighted by Gasteiger charge is -2.27. The molecule has 1 saturated heterocycles. The minimum Gasteiger partial charge on any atom is -0.486 e. The summed E-state index contributed by atoms with van der Waals surface area (Å²) in [6, 6.07) is 10.1. The Hall–Kier alpha value is -2.21. The quantitative estimate of drug-likeness (QED) is 0.926. The summed E-state index contributed by atoms with van der Waals surface area (Å²) in [7, 11) is 0. The number of rotatable bonds is 3. The van der Waals surface area contributed by atoms with Crippen molar-refractivity contribution in [1.82, 2.24) is 10.2 Å². The number of thiophene rings is 1. The summed E-state index contributed by atoms with van der Waals surface area (Å²) >= 11 is 1.66. The first-order valence-electron chi connectivity index (χ1n) is 8.27. The topological polar surface area (TPSA) is 50.8 Å². The Morgan fingerprint density at radius 1 is 1.25 bits per heavy atom. The van der Waals surface area contributed by atoms with Gasteiger partial charge in [-0.15, -0.1) is 11.3 Å². The molecule has 2 amide bonds. The first-order chi connectivity index (χ1) is 11.8. The summed E-state index contributed by atoms with van der Waals surface area (Å²) in [5, 5.41) is 5.05. The van der Waals surface area contributed by atoms with E-state index >= 15 is 0 Å². The van der Waals surface area contributed by atoms with Gasteiger partial charge in [-0.25, -0.2) is 4.79 Å². The van der Waals surface area contributed by atoms with Crippen LogP contribution in [0.5, 0.6) is 11.5 Å². The third-order valence-corrected chi connectivity index (χ3v) is 5.34. The zero-order chi connectivity index (χ0) is 16.4. The van der Waals surface area contributed by atoms with Crippen molar-refractivity contribution in [2.24, 2.45) is 0 Å². The van der Waals surface area contributed by atoms with Crippen LogP contribution in [-0.2, 0) is 6.54 Å². The van der Waals surface area contributed by atoms with Gasteiger partial charge in [0.05, 0.1) is 12.6 Å². The maximum Gasteiger partial charge on any atom is 0.318 e. The number of nitrogens with zero attached hydrogens (tertiary/aromatic N) is 1. The summed E-state index contributed by atoms with van der Waals surface area (Å²) in [5.74, 6) is 1.57. The van der Waals surface area contributed by atoms with Crippen LogP contribution in [0.3, 0.4) is 0 Å². The number of hydrogen-bond donors (Lipinski definition) is 1. The molecule has 24 heavy (non-hydrogen) atoms. The van der Waals surface area contributed by atoms with Crippen LogP contribution < -0.4 is 14.8 Å². The van der Waals surface area contributed by atoms with Crippen LogP contribution in [-0.4, -0.2) is 30.7 Å². The van der Waals surface area contributed by atoms with Crippen LogP contribution in [0.25, 0.3) is 0 Å². The SMILES string of the molecule is O=C(NCc1cccs1)N1CCCC1c1ccc2c(c1)OCCO2. The molecular weight excluding hydrogens is 324 g/mol. The Bertz CT molecular complexity index is 717. The zero-order valence-corrected chi connectivity index (χ0v) is 14.2. The molecule has 1 N–H and O–H groups in total. The predicted molar refractivity (Wildman–Crippen MR) is 92.7 cm³/mol. The molecule has 6 heteroatoms. The molecule has 126 valence electrons. The van der Waals surface area contributed by atoms with E-state index in [2.05, 4.69) is 5.32 Å². The second-order valence-electron chi connectivity index (χ2n) is 5.99. The molecule has 0 spiro atoms. The first kappa shape index (κ1) is 15.3. The van der Waals surface area contributed by atoms with Crippen molar-refractivity contribution >= 4 is 17.4 Å². The number of benzene rings is 1. The van der Waals surface area contributed by atoms with Gasteiger partial charge in [0.25, 0.3) is 0 Å². The van der Waals surface area contributed by atoms with E-state index in [0.717, 1.165) is 36.4 Å². The van der Waals surface area contributed by atoms with Crippen molar-refractivity contribution in [3.05, 3.63) is 46.2 Å². The summed E-state index contributed by atoms with van der Waals surface area (Å²) in [6.07, 6.45) is 2.00. The summed E-state index contributed by atoms with van der Waals surface area (Å²) in [5.41, 5.74) is 1.11. The molecule has 4 rings (SSSR count). The van der Waals surface area contributed by atoms with Crippen molar-refractivity contribution in [2.75, 3.05) is 19.8 Å². The van der Waals surface area contributed by atoms with Gasteiger partial charge in [-0.3, -0.25) is 0 Å². The molecule has 0 saturated carbocycles. The third-order valence-electron chi connectivity index (χ3n) is 4.46. The van der Waals surface area contributed by atoms with Gasteiger partial charge in [-0.2, -0.15) is 0 Å². The second kappa shape index (κ2) is 6.73. The van der Waals surface area contributed by atoms with Gasteiger partial charge < -0.3 is 19.7 Å². The minimum absolute atomic E-state index is 0.000731. The zero-order valence-electron chi connectivity index (χ0n) is 13.4. The summed E-state index contributed by atoms with van der Waals surface area (Å²) < 4.78 is 11.3. The average Bonchev–Trinajstić information content (AvgIpc) is 3.31. The monoisotopic (exact) mass is 344 g/mol. The number of likely N-dealkylation sites (tertiary alicyclic amines) is 1. The van der Waals surface area contributed by atoms with Crippen molar-refractivity contribution < 1.29 is 14.3 Å². The normalized spacial score (nSPS) is 19.3. The molecule has 1 fully saturated rings. The van der Waals surface area contributed by atoms with Gasteiger partial charge in [0.2, 0.25) is 0 Å². The van der Waals surface area contributed by atoms with Crippen molar-refractivity contribution in [2.45, 2.75) is 25.4 Å². The van der Waals surface area contributed by atoms with Gasteiger partial charge >= 0.3 is 6.03 Å². The van der Waals surface area contributed by atoms with Gasteiger partial charge in [0, 0.05) is 11.4 Å². The van der Waals surface area contributed by atoms with Crippen LogP contribution in [0.2, 0.25) is 0 Å². The molecule has 2 aliphatic rings. The maximum absolute atomic E-state index is 12.6. The first-order valence-corrected chi connectivity index (χ1v) is 9.15. The number of fused-ring (bicyclic) bond motifs is 1. The van der Waals surface area contributed by atoms with E-state index in [1.54, 1.807) is 11.3 Å². The number of hydrogen-bond acceptors (Lipinski definition) is 4. The lowest BCUT2D eigenvalue weighted by Crippen LogP contribution is -2.39. The second-order valence-corrected chi connectivity index (χ2v) is 7.02. The fourth-order valence-corrected chi connectivity index (χ4v) is 3.95. The van der Waals surface area contributed by atoms with E-state index in [1.165, 1.54) is 4.88 Å². The molecule has 2 aromatic rings. The van der Waals surface area contributed by atoms with Crippen molar-refractivity contribution in [3.8, 4) is 11.5 Å². The molecule has 3 heterocycles. The van der Waals surface area contributed by atoms with Gasteiger partial charge in [0.1, 0.15) is 13.2 Å². The maximum atomic E-state index is 12.6. The number of carbonyl (C=O) groups is 1. The van der Waals surface area contributed by atoms with Crippen LogP contribution in [0.1, 0.15) is 29.3 Å². The van der Waals surface area contributed by atoms with Crippen LogP contribution in [0, 0.1) is 0 Å². The highest BCUT2D eigenvalue weighted by Crippen LogP contribution is 2.38. The fourth-order valence-electron chi connectivity index (χ4n) is 3.30. The molecule has 2 aliphatic heterocycles. The Morgan fingerprint density at radius 3 is 2.96 bits per heavy atom. The lowest BCUT2D eigenvalue weighted by atomic mass is 10.0. The minimum atomic E-state index is 0.000731. The Labute approximate surface area is 145 Å². The highest BCUT2D eigenvalue weighted by molar-refractivity contribution is 7.09. The standard InChI is InChI=1S/C18H20N2O3S/c21-18(19-12-14-3-2-10-24-14)20-7-1-4-15(20)13-5-6-16-17(11-13)23-9-8-22-16/h2-3,5-6,10-11,15H,1,4,7-9,12H2,(H,19,21). The molecule has 1 atom stereocenters. The third kappa shape index (κ3) is 3.06. The highest BCUT2D eigenvalue weighted by atomic mass is 32.1. The Morgan fingerprint density at radius 2 is 2.12 bits per heavy atom. The predicted octanol–water partition coefficient (Wildman–Crippen LogP) is 3.57. The molecule has 1 unspecified atom stereocenters. The van der Waals surface area contributed by atoms with E-state index < -0.39 is 0 Å².